The molecule has 0 saturated heterocycles. The number of benzene rings is 2. The van der Waals surface area contributed by atoms with Crippen LogP contribution in [-0.2, 0) is 4.79 Å². The largest absolute Gasteiger partial charge is 0.326 e. The van der Waals surface area contributed by atoms with Crippen molar-refractivity contribution in [3.8, 4) is 11.1 Å². The number of rotatable bonds is 10. The molecule has 2 rings (SSSR count). The van der Waals surface area contributed by atoms with Crippen LogP contribution in [0.1, 0.15) is 58.3 Å². The lowest BCUT2D eigenvalue weighted by atomic mass is 10.1. The molecule has 0 aromatic heterocycles. The summed E-state index contributed by atoms with van der Waals surface area (Å²) in [6, 6.07) is 18.3. The van der Waals surface area contributed by atoms with Gasteiger partial charge in [0.25, 0.3) is 0 Å². The number of hydrogen-bond acceptors (Lipinski definition) is 1. The van der Waals surface area contributed by atoms with E-state index in [1.54, 1.807) is 0 Å². The molecular formula is C22H29NO. The Kier molecular flexibility index (Phi) is 8.09. The van der Waals surface area contributed by atoms with Crippen LogP contribution in [0.5, 0.6) is 0 Å². The Hall–Kier alpha value is -2.09. The topological polar surface area (TPSA) is 29.1 Å². The number of unbranched alkanes of at least 4 members (excludes halogenated alkanes) is 6. The molecule has 0 spiro atoms. The second-order valence-electron chi connectivity index (χ2n) is 6.36. The maximum atomic E-state index is 12.0. The third kappa shape index (κ3) is 6.57. The third-order valence-electron chi connectivity index (χ3n) is 4.28. The van der Waals surface area contributed by atoms with Crippen molar-refractivity contribution in [2.45, 2.75) is 58.3 Å². The van der Waals surface area contributed by atoms with Gasteiger partial charge >= 0.3 is 0 Å². The maximum absolute atomic E-state index is 12.0. The first kappa shape index (κ1) is 18.3. The predicted molar refractivity (Wildman–Crippen MR) is 103 cm³/mol. The monoisotopic (exact) mass is 323 g/mol. The zero-order chi connectivity index (χ0) is 17.0. The van der Waals surface area contributed by atoms with Crippen molar-refractivity contribution >= 4 is 11.6 Å². The van der Waals surface area contributed by atoms with Gasteiger partial charge in [-0.15, -0.1) is 0 Å². The first-order valence-electron chi connectivity index (χ1n) is 9.25. The average Bonchev–Trinajstić information content (AvgIpc) is 2.62. The summed E-state index contributed by atoms with van der Waals surface area (Å²) in [4.78, 5) is 12.0. The number of nitrogens with one attached hydrogen (secondary N) is 1. The molecule has 0 fully saturated rings. The van der Waals surface area contributed by atoms with Crippen LogP contribution >= 0.6 is 0 Å². The lowest BCUT2D eigenvalue weighted by Crippen LogP contribution is -2.10. The van der Waals surface area contributed by atoms with Crippen LogP contribution in [0.25, 0.3) is 11.1 Å². The molecule has 1 amide bonds. The fraction of sp³-hybridized carbons (Fsp3) is 0.409. The van der Waals surface area contributed by atoms with E-state index in [0.717, 1.165) is 18.5 Å². The molecule has 0 atom stereocenters. The highest BCUT2D eigenvalue weighted by Gasteiger charge is 2.03. The first-order chi connectivity index (χ1) is 11.8. The molecule has 2 heteroatoms. The number of carbonyl (C=O) groups is 1. The second-order valence-corrected chi connectivity index (χ2v) is 6.36. The molecule has 0 unspecified atom stereocenters. The predicted octanol–water partition coefficient (Wildman–Crippen LogP) is 6.43. The van der Waals surface area contributed by atoms with Gasteiger partial charge in [-0.05, 0) is 29.7 Å². The molecule has 0 bridgehead atoms. The van der Waals surface area contributed by atoms with E-state index < -0.39 is 0 Å². The van der Waals surface area contributed by atoms with Crippen LogP contribution < -0.4 is 5.32 Å². The SMILES string of the molecule is CCCCCCCCCC(=O)Nc1ccc(-c2ccccc2)cc1. The zero-order valence-electron chi connectivity index (χ0n) is 14.8. The number of amides is 1. The summed E-state index contributed by atoms with van der Waals surface area (Å²) >= 11 is 0. The first-order valence-corrected chi connectivity index (χ1v) is 9.25. The molecule has 128 valence electrons. The standard InChI is InChI=1S/C22H29NO/c1-2-3-4-5-6-7-11-14-22(24)23-21-17-15-20(16-18-21)19-12-9-8-10-13-19/h8-10,12-13,15-18H,2-7,11,14H2,1H3,(H,23,24). The van der Waals surface area contributed by atoms with Gasteiger partial charge in [0.15, 0.2) is 0 Å². The minimum absolute atomic E-state index is 0.121. The van der Waals surface area contributed by atoms with E-state index in [1.165, 1.54) is 43.2 Å². The van der Waals surface area contributed by atoms with Crippen molar-refractivity contribution in [1.29, 1.82) is 0 Å². The van der Waals surface area contributed by atoms with E-state index in [0.29, 0.717) is 6.42 Å². The molecule has 0 aliphatic heterocycles. The Bertz CT molecular complexity index is 589. The Morgan fingerprint density at radius 2 is 1.33 bits per heavy atom. The van der Waals surface area contributed by atoms with Gasteiger partial charge in [-0.3, -0.25) is 4.79 Å². The van der Waals surface area contributed by atoms with Crippen molar-refractivity contribution in [2.24, 2.45) is 0 Å². The van der Waals surface area contributed by atoms with E-state index in [2.05, 4.69) is 36.5 Å². The molecule has 2 aromatic carbocycles. The van der Waals surface area contributed by atoms with E-state index in [-0.39, 0.29) is 5.91 Å². The van der Waals surface area contributed by atoms with E-state index >= 15 is 0 Å². The number of anilines is 1. The summed E-state index contributed by atoms with van der Waals surface area (Å²) < 4.78 is 0. The van der Waals surface area contributed by atoms with Gasteiger partial charge < -0.3 is 5.32 Å². The van der Waals surface area contributed by atoms with E-state index in [1.807, 2.05) is 30.3 Å². The summed E-state index contributed by atoms with van der Waals surface area (Å²) in [5, 5.41) is 2.99. The maximum Gasteiger partial charge on any atom is 0.224 e. The van der Waals surface area contributed by atoms with Gasteiger partial charge in [-0.25, -0.2) is 0 Å². The lowest BCUT2D eigenvalue weighted by Gasteiger charge is -2.07. The van der Waals surface area contributed by atoms with Gasteiger partial charge in [0.05, 0.1) is 0 Å². The van der Waals surface area contributed by atoms with Gasteiger partial charge in [0.1, 0.15) is 0 Å². The van der Waals surface area contributed by atoms with Crippen molar-refractivity contribution in [2.75, 3.05) is 5.32 Å². The highest BCUT2D eigenvalue weighted by atomic mass is 16.1. The van der Waals surface area contributed by atoms with Crippen LogP contribution in [0.15, 0.2) is 54.6 Å². The zero-order valence-corrected chi connectivity index (χ0v) is 14.8. The van der Waals surface area contributed by atoms with Crippen LogP contribution in [0, 0.1) is 0 Å². The fourth-order valence-electron chi connectivity index (χ4n) is 2.84. The number of carbonyl (C=O) groups excluding carboxylic acids is 1. The van der Waals surface area contributed by atoms with Crippen LogP contribution in [0.2, 0.25) is 0 Å². The second kappa shape index (κ2) is 10.6. The van der Waals surface area contributed by atoms with Gasteiger partial charge in [-0.1, -0.05) is 87.9 Å². The molecule has 0 heterocycles. The molecule has 2 aromatic rings. The summed E-state index contributed by atoms with van der Waals surface area (Å²) in [6.45, 7) is 2.23. The van der Waals surface area contributed by atoms with Gasteiger partial charge in [0, 0.05) is 12.1 Å². The van der Waals surface area contributed by atoms with Crippen LogP contribution in [-0.4, -0.2) is 5.91 Å². The quantitative estimate of drug-likeness (QED) is 0.501. The van der Waals surface area contributed by atoms with E-state index in [9.17, 15) is 4.79 Å². The average molecular weight is 323 g/mol. The molecule has 24 heavy (non-hydrogen) atoms. The van der Waals surface area contributed by atoms with Crippen molar-refractivity contribution in [3.05, 3.63) is 54.6 Å². The van der Waals surface area contributed by atoms with E-state index in [4.69, 9.17) is 0 Å². The minimum Gasteiger partial charge on any atom is -0.326 e. The lowest BCUT2D eigenvalue weighted by molar-refractivity contribution is -0.116. The fourth-order valence-corrected chi connectivity index (χ4v) is 2.84. The molecular weight excluding hydrogens is 294 g/mol. The van der Waals surface area contributed by atoms with Crippen molar-refractivity contribution < 1.29 is 4.79 Å². The number of hydrogen-bond donors (Lipinski definition) is 1. The molecule has 0 radical (unpaired) electrons. The van der Waals surface area contributed by atoms with Gasteiger partial charge in [-0.2, -0.15) is 0 Å². The molecule has 2 nitrogen and oxygen atoms in total. The summed E-state index contributed by atoms with van der Waals surface area (Å²) in [6.07, 6.45) is 9.26. The highest BCUT2D eigenvalue weighted by molar-refractivity contribution is 5.90. The molecule has 0 aliphatic rings. The Balaban J connectivity index is 1.69. The third-order valence-corrected chi connectivity index (χ3v) is 4.28. The van der Waals surface area contributed by atoms with Crippen LogP contribution in [0.3, 0.4) is 0 Å². The minimum atomic E-state index is 0.121. The summed E-state index contributed by atoms with van der Waals surface area (Å²) in [5.41, 5.74) is 3.24. The summed E-state index contributed by atoms with van der Waals surface area (Å²) in [5.74, 6) is 0.121. The van der Waals surface area contributed by atoms with Gasteiger partial charge in [0.2, 0.25) is 5.91 Å². The molecule has 0 aliphatic carbocycles. The normalized spacial score (nSPS) is 10.5. The Morgan fingerprint density at radius 1 is 0.750 bits per heavy atom. The van der Waals surface area contributed by atoms with Crippen molar-refractivity contribution in [3.63, 3.8) is 0 Å². The van der Waals surface area contributed by atoms with Crippen molar-refractivity contribution in [1.82, 2.24) is 0 Å². The summed E-state index contributed by atoms with van der Waals surface area (Å²) in [7, 11) is 0. The Morgan fingerprint density at radius 3 is 2.00 bits per heavy atom. The molecule has 0 saturated carbocycles. The molecule has 1 N–H and O–H groups in total. The highest BCUT2D eigenvalue weighted by Crippen LogP contribution is 2.21. The smallest absolute Gasteiger partial charge is 0.224 e. The Labute approximate surface area is 146 Å². The van der Waals surface area contributed by atoms with Crippen LogP contribution in [0.4, 0.5) is 5.69 Å².